The highest BCUT2D eigenvalue weighted by atomic mass is 32.2. The van der Waals surface area contributed by atoms with Gasteiger partial charge in [-0.25, -0.2) is 4.98 Å². The number of carbonyl (C=O) groups is 1. The number of hydrogen-bond acceptors (Lipinski definition) is 5. The minimum Gasteiger partial charge on any atom is -0.486 e. The molecule has 4 aromatic rings. The molecule has 0 fully saturated rings. The normalized spacial score (nSPS) is 12.4. The van der Waals surface area contributed by atoms with E-state index in [0.29, 0.717) is 35.6 Å². The Hall–Kier alpha value is -3.71. The van der Waals surface area contributed by atoms with Crippen molar-refractivity contribution in [1.29, 1.82) is 0 Å². The van der Waals surface area contributed by atoms with Crippen molar-refractivity contribution in [2.24, 2.45) is 0 Å². The number of aromatic amines is 1. The zero-order chi connectivity index (χ0) is 21.8. The Morgan fingerprint density at radius 1 is 0.906 bits per heavy atom. The summed E-state index contributed by atoms with van der Waals surface area (Å²) in [7, 11) is 0. The van der Waals surface area contributed by atoms with E-state index in [1.807, 2.05) is 72.8 Å². The predicted molar refractivity (Wildman–Crippen MR) is 126 cm³/mol. The molecule has 0 saturated heterocycles. The van der Waals surface area contributed by atoms with Gasteiger partial charge in [0.25, 0.3) is 0 Å². The second kappa shape index (κ2) is 9.20. The first kappa shape index (κ1) is 20.2. The number of amides is 1. The number of anilines is 1. The van der Waals surface area contributed by atoms with E-state index in [0.717, 1.165) is 22.5 Å². The number of nitrogens with zero attached hydrogens (tertiary/aromatic N) is 1. The number of aromatic nitrogens is 2. The van der Waals surface area contributed by atoms with Crippen LogP contribution < -0.4 is 14.8 Å². The van der Waals surface area contributed by atoms with Crippen LogP contribution in [0.3, 0.4) is 0 Å². The Morgan fingerprint density at radius 3 is 2.34 bits per heavy atom. The minimum absolute atomic E-state index is 0.120. The van der Waals surface area contributed by atoms with E-state index in [2.05, 4.69) is 10.3 Å². The average Bonchev–Trinajstić information content (AvgIpc) is 3.28. The summed E-state index contributed by atoms with van der Waals surface area (Å²) in [6.07, 6.45) is 0. The van der Waals surface area contributed by atoms with Gasteiger partial charge in [0.15, 0.2) is 16.7 Å². The van der Waals surface area contributed by atoms with Crippen molar-refractivity contribution >= 4 is 23.4 Å². The van der Waals surface area contributed by atoms with E-state index < -0.39 is 0 Å². The number of H-pyrrole nitrogens is 1. The van der Waals surface area contributed by atoms with Crippen LogP contribution in [-0.4, -0.2) is 34.8 Å². The highest BCUT2D eigenvalue weighted by Gasteiger charge is 2.16. The van der Waals surface area contributed by atoms with Crippen LogP contribution in [0.25, 0.3) is 22.5 Å². The quantitative estimate of drug-likeness (QED) is 0.398. The second-order valence-corrected chi connectivity index (χ2v) is 8.16. The predicted octanol–water partition coefficient (Wildman–Crippen LogP) is 5.25. The molecule has 6 nitrogen and oxygen atoms in total. The van der Waals surface area contributed by atoms with Crippen molar-refractivity contribution < 1.29 is 14.3 Å². The molecule has 1 aliphatic rings. The van der Waals surface area contributed by atoms with E-state index in [9.17, 15) is 4.79 Å². The Morgan fingerprint density at radius 2 is 1.59 bits per heavy atom. The van der Waals surface area contributed by atoms with Gasteiger partial charge in [-0.2, -0.15) is 0 Å². The minimum atomic E-state index is -0.120. The molecule has 0 atom stereocenters. The van der Waals surface area contributed by atoms with Crippen molar-refractivity contribution in [2.75, 3.05) is 24.3 Å². The fourth-order valence-electron chi connectivity index (χ4n) is 3.49. The smallest absolute Gasteiger partial charge is 0.234 e. The summed E-state index contributed by atoms with van der Waals surface area (Å²) in [6.45, 7) is 1.04. The number of fused-ring (bicyclic) bond motifs is 1. The summed E-state index contributed by atoms with van der Waals surface area (Å²) >= 11 is 1.37. The standard InChI is InChI=1S/C25H21N3O3S/c29-22(26-19-11-12-20-21(15-19)31-14-13-30-20)16-32-25-27-23(17-7-3-1-4-8-17)24(28-25)18-9-5-2-6-10-18/h1-12,15H,13-14,16H2,(H,26,29)(H,27,28). The first-order valence-corrected chi connectivity index (χ1v) is 11.3. The molecule has 2 heterocycles. The van der Waals surface area contributed by atoms with Gasteiger partial charge in [-0.1, -0.05) is 72.4 Å². The third-order valence-electron chi connectivity index (χ3n) is 4.96. The van der Waals surface area contributed by atoms with Gasteiger partial charge >= 0.3 is 0 Å². The van der Waals surface area contributed by atoms with Crippen LogP contribution in [0.2, 0.25) is 0 Å². The van der Waals surface area contributed by atoms with Crippen molar-refractivity contribution in [3.63, 3.8) is 0 Å². The molecule has 160 valence electrons. The van der Waals surface area contributed by atoms with Gasteiger partial charge < -0.3 is 19.8 Å². The van der Waals surface area contributed by atoms with E-state index in [1.165, 1.54) is 11.8 Å². The molecule has 32 heavy (non-hydrogen) atoms. The van der Waals surface area contributed by atoms with Gasteiger partial charge in [0, 0.05) is 22.9 Å². The number of hydrogen-bond donors (Lipinski definition) is 2. The molecule has 1 aliphatic heterocycles. The number of imidazole rings is 1. The number of nitrogens with one attached hydrogen (secondary N) is 2. The topological polar surface area (TPSA) is 76.2 Å². The first-order valence-electron chi connectivity index (χ1n) is 10.3. The Balaban J connectivity index is 1.31. The van der Waals surface area contributed by atoms with Gasteiger partial charge in [-0.15, -0.1) is 0 Å². The summed E-state index contributed by atoms with van der Waals surface area (Å²) in [6, 6.07) is 25.5. The maximum absolute atomic E-state index is 12.5. The molecule has 3 aromatic carbocycles. The van der Waals surface area contributed by atoms with E-state index in [1.54, 1.807) is 6.07 Å². The number of carbonyl (C=O) groups excluding carboxylic acids is 1. The SMILES string of the molecule is O=C(CSc1nc(-c2ccccc2)c(-c2ccccc2)[nH]1)Nc1ccc2c(c1)OCCO2. The largest absolute Gasteiger partial charge is 0.486 e. The third kappa shape index (κ3) is 4.48. The average molecular weight is 444 g/mol. The fourth-order valence-corrected chi connectivity index (χ4v) is 4.16. The summed E-state index contributed by atoms with van der Waals surface area (Å²) in [5.74, 6) is 1.45. The lowest BCUT2D eigenvalue weighted by atomic mass is 10.1. The Bertz CT molecular complexity index is 1170. The summed E-state index contributed by atoms with van der Waals surface area (Å²) in [4.78, 5) is 20.7. The molecule has 1 aromatic heterocycles. The maximum Gasteiger partial charge on any atom is 0.234 e. The molecule has 0 bridgehead atoms. The van der Waals surface area contributed by atoms with Crippen molar-refractivity contribution in [1.82, 2.24) is 9.97 Å². The molecular formula is C25H21N3O3S. The van der Waals surface area contributed by atoms with Crippen LogP contribution in [0.1, 0.15) is 0 Å². The summed E-state index contributed by atoms with van der Waals surface area (Å²) in [5, 5.41) is 3.60. The second-order valence-electron chi connectivity index (χ2n) is 7.19. The van der Waals surface area contributed by atoms with Crippen LogP contribution >= 0.6 is 11.8 Å². The van der Waals surface area contributed by atoms with Gasteiger partial charge in [0.05, 0.1) is 17.1 Å². The molecular weight excluding hydrogens is 422 g/mol. The van der Waals surface area contributed by atoms with E-state index in [-0.39, 0.29) is 11.7 Å². The van der Waals surface area contributed by atoms with Crippen LogP contribution in [0.15, 0.2) is 84.0 Å². The number of thioether (sulfide) groups is 1. The lowest BCUT2D eigenvalue weighted by Gasteiger charge is -2.18. The van der Waals surface area contributed by atoms with Gasteiger partial charge in [-0.3, -0.25) is 4.79 Å². The zero-order valence-electron chi connectivity index (χ0n) is 17.2. The molecule has 1 amide bonds. The van der Waals surface area contributed by atoms with Gasteiger partial charge in [0.1, 0.15) is 13.2 Å². The molecule has 5 rings (SSSR count). The van der Waals surface area contributed by atoms with Crippen LogP contribution in [-0.2, 0) is 4.79 Å². The number of rotatable bonds is 6. The van der Waals surface area contributed by atoms with Crippen LogP contribution in [0.4, 0.5) is 5.69 Å². The Labute approximate surface area is 190 Å². The monoisotopic (exact) mass is 443 g/mol. The molecule has 0 unspecified atom stereocenters. The Kier molecular flexibility index (Phi) is 5.81. The molecule has 0 aliphatic carbocycles. The summed E-state index contributed by atoms with van der Waals surface area (Å²) < 4.78 is 11.1. The lowest BCUT2D eigenvalue weighted by Crippen LogP contribution is -2.17. The molecule has 7 heteroatoms. The van der Waals surface area contributed by atoms with Crippen molar-refractivity contribution in [3.8, 4) is 34.0 Å². The number of ether oxygens (including phenoxy) is 2. The lowest BCUT2D eigenvalue weighted by molar-refractivity contribution is -0.113. The molecule has 0 spiro atoms. The highest BCUT2D eigenvalue weighted by molar-refractivity contribution is 7.99. The van der Waals surface area contributed by atoms with Crippen molar-refractivity contribution in [3.05, 3.63) is 78.9 Å². The fraction of sp³-hybridized carbons (Fsp3) is 0.120. The summed E-state index contributed by atoms with van der Waals surface area (Å²) in [5.41, 5.74) is 4.55. The van der Waals surface area contributed by atoms with Crippen molar-refractivity contribution in [2.45, 2.75) is 5.16 Å². The zero-order valence-corrected chi connectivity index (χ0v) is 18.0. The maximum atomic E-state index is 12.5. The van der Waals surface area contributed by atoms with Gasteiger partial charge in [-0.05, 0) is 12.1 Å². The molecule has 2 N–H and O–H groups in total. The van der Waals surface area contributed by atoms with E-state index >= 15 is 0 Å². The van der Waals surface area contributed by atoms with Gasteiger partial charge in [0.2, 0.25) is 5.91 Å². The van der Waals surface area contributed by atoms with Crippen LogP contribution in [0, 0.1) is 0 Å². The highest BCUT2D eigenvalue weighted by Crippen LogP contribution is 2.34. The third-order valence-corrected chi connectivity index (χ3v) is 5.83. The first-order chi connectivity index (χ1) is 15.8. The molecule has 0 saturated carbocycles. The van der Waals surface area contributed by atoms with Crippen LogP contribution in [0.5, 0.6) is 11.5 Å². The molecule has 0 radical (unpaired) electrons. The van der Waals surface area contributed by atoms with E-state index in [4.69, 9.17) is 14.5 Å². The number of benzene rings is 3.